The first-order valence-corrected chi connectivity index (χ1v) is 6.86. The molecular formula is C15H18ClN3O2. The van der Waals surface area contributed by atoms with Gasteiger partial charge in [0.1, 0.15) is 0 Å². The highest BCUT2D eigenvalue weighted by Gasteiger charge is 2.14. The molecule has 0 fully saturated rings. The van der Waals surface area contributed by atoms with E-state index < -0.39 is 0 Å². The fourth-order valence-electron chi connectivity index (χ4n) is 2.11. The summed E-state index contributed by atoms with van der Waals surface area (Å²) >= 11 is 6.20. The molecule has 0 aliphatic heterocycles. The normalized spacial score (nSPS) is 12.1. The molecule has 1 aromatic carbocycles. The molecular weight excluding hydrogens is 290 g/mol. The summed E-state index contributed by atoms with van der Waals surface area (Å²) in [5.41, 5.74) is 8.40. The molecule has 2 aromatic rings. The molecule has 0 radical (unpaired) electrons. The molecule has 1 aromatic heterocycles. The van der Waals surface area contributed by atoms with Crippen molar-refractivity contribution in [1.82, 2.24) is 9.97 Å². The van der Waals surface area contributed by atoms with E-state index in [2.05, 4.69) is 9.97 Å². The van der Waals surface area contributed by atoms with E-state index >= 15 is 0 Å². The Kier molecular flexibility index (Phi) is 4.65. The number of aryl methyl sites for hydroxylation is 1. The first-order chi connectivity index (χ1) is 9.97. The number of halogens is 1. The summed E-state index contributed by atoms with van der Waals surface area (Å²) in [5, 5.41) is 0.448. The van der Waals surface area contributed by atoms with Crippen molar-refractivity contribution in [2.45, 2.75) is 19.9 Å². The van der Waals surface area contributed by atoms with Crippen LogP contribution in [0.25, 0.3) is 11.4 Å². The van der Waals surface area contributed by atoms with Crippen molar-refractivity contribution in [3.8, 4) is 22.9 Å². The van der Waals surface area contributed by atoms with Crippen molar-refractivity contribution in [3.63, 3.8) is 0 Å². The molecule has 0 aliphatic rings. The number of hydrogen-bond donors (Lipinski definition) is 1. The number of aromatic nitrogens is 2. The Labute approximate surface area is 129 Å². The van der Waals surface area contributed by atoms with Crippen LogP contribution in [-0.4, -0.2) is 24.2 Å². The maximum Gasteiger partial charge on any atom is 0.179 e. The molecule has 2 rings (SSSR count). The molecule has 2 N–H and O–H groups in total. The molecule has 0 bridgehead atoms. The van der Waals surface area contributed by atoms with Crippen LogP contribution in [0.15, 0.2) is 18.3 Å². The van der Waals surface area contributed by atoms with Gasteiger partial charge in [0.05, 0.1) is 19.2 Å². The summed E-state index contributed by atoms with van der Waals surface area (Å²) in [6.45, 7) is 3.81. The average molecular weight is 308 g/mol. The topological polar surface area (TPSA) is 70.3 Å². The Hall–Kier alpha value is -1.85. The predicted octanol–water partition coefficient (Wildman–Crippen LogP) is 3.14. The van der Waals surface area contributed by atoms with Crippen molar-refractivity contribution in [2.24, 2.45) is 5.73 Å². The van der Waals surface area contributed by atoms with Gasteiger partial charge < -0.3 is 15.2 Å². The summed E-state index contributed by atoms with van der Waals surface area (Å²) in [7, 11) is 3.10. The summed E-state index contributed by atoms with van der Waals surface area (Å²) < 4.78 is 10.5. The molecule has 112 valence electrons. The van der Waals surface area contributed by atoms with Gasteiger partial charge in [-0.2, -0.15) is 0 Å². The van der Waals surface area contributed by atoms with Crippen molar-refractivity contribution in [1.29, 1.82) is 0 Å². The SMILES string of the molecule is COc1cc(-c2ncc(C(C)N)c(C)n2)cc(Cl)c1OC. The number of methoxy groups -OCH3 is 2. The van der Waals surface area contributed by atoms with Crippen LogP contribution >= 0.6 is 11.6 Å². The lowest BCUT2D eigenvalue weighted by molar-refractivity contribution is 0.355. The van der Waals surface area contributed by atoms with E-state index in [0.717, 1.165) is 16.8 Å². The largest absolute Gasteiger partial charge is 0.493 e. The van der Waals surface area contributed by atoms with Gasteiger partial charge in [0.25, 0.3) is 0 Å². The first kappa shape index (κ1) is 15.5. The number of hydrogen-bond acceptors (Lipinski definition) is 5. The van der Waals surface area contributed by atoms with Crippen molar-refractivity contribution >= 4 is 11.6 Å². The monoisotopic (exact) mass is 307 g/mol. The Balaban J connectivity index is 2.52. The molecule has 21 heavy (non-hydrogen) atoms. The predicted molar refractivity (Wildman–Crippen MR) is 82.9 cm³/mol. The van der Waals surface area contributed by atoms with Gasteiger partial charge in [-0.3, -0.25) is 0 Å². The quantitative estimate of drug-likeness (QED) is 0.939. The summed E-state index contributed by atoms with van der Waals surface area (Å²) in [4.78, 5) is 8.85. The van der Waals surface area contributed by atoms with E-state index in [1.54, 1.807) is 32.5 Å². The zero-order valence-electron chi connectivity index (χ0n) is 12.5. The molecule has 0 saturated carbocycles. The summed E-state index contributed by atoms with van der Waals surface area (Å²) in [6, 6.07) is 3.45. The Morgan fingerprint density at radius 2 is 1.95 bits per heavy atom. The minimum atomic E-state index is -0.104. The third-order valence-electron chi connectivity index (χ3n) is 3.20. The van der Waals surface area contributed by atoms with Gasteiger partial charge in [0, 0.05) is 29.1 Å². The zero-order valence-corrected chi connectivity index (χ0v) is 13.2. The van der Waals surface area contributed by atoms with Crippen LogP contribution in [0.1, 0.15) is 24.2 Å². The zero-order chi connectivity index (χ0) is 15.6. The standard InChI is InChI=1S/C15H18ClN3O2/c1-8(17)11-7-18-15(19-9(11)2)10-5-12(16)14(21-4)13(6-10)20-3/h5-8H,17H2,1-4H3. The highest BCUT2D eigenvalue weighted by Crippen LogP contribution is 2.38. The van der Waals surface area contributed by atoms with E-state index in [4.69, 9.17) is 26.8 Å². The van der Waals surface area contributed by atoms with Gasteiger partial charge in [-0.1, -0.05) is 11.6 Å². The van der Waals surface area contributed by atoms with Gasteiger partial charge in [-0.15, -0.1) is 0 Å². The second-order valence-electron chi connectivity index (χ2n) is 4.72. The third kappa shape index (κ3) is 3.09. The second-order valence-corrected chi connectivity index (χ2v) is 5.12. The number of benzene rings is 1. The summed E-state index contributed by atoms with van der Waals surface area (Å²) in [5.74, 6) is 1.60. The fraction of sp³-hybridized carbons (Fsp3) is 0.333. The van der Waals surface area contributed by atoms with Crippen LogP contribution < -0.4 is 15.2 Å². The van der Waals surface area contributed by atoms with Crippen molar-refractivity contribution in [2.75, 3.05) is 14.2 Å². The highest BCUT2D eigenvalue weighted by atomic mass is 35.5. The average Bonchev–Trinajstić information content (AvgIpc) is 2.45. The molecule has 0 spiro atoms. The van der Waals surface area contributed by atoms with E-state index in [-0.39, 0.29) is 6.04 Å². The maximum absolute atomic E-state index is 6.20. The Morgan fingerprint density at radius 1 is 1.24 bits per heavy atom. The molecule has 6 heteroatoms. The van der Waals surface area contributed by atoms with Crippen LogP contribution in [0.4, 0.5) is 0 Å². The highest BCUT2D eigenvalue weighted by molar-refractivity contribution is 6.32. The maximum atomic E-state index is 6.20. The van der Waals surface area contributed by atoms with Crippen molar-refractivity contribution in [3.05, 3.63) is 34.6 Å². The van der Waals surface area contributed by atoms with Gasteiger partial charge in [0.15, 0.2) is 17.3 Å². The van der Waals surface area contributed by atoms with Gasteiger partial charge in [-0.25, -0.2) is 9.97 Å². The van der Waals surface area contributed by atoms with Crippen LogP contribution in [0.5, 0.6) is 11.5 Å². The fourth-order valence-corrected chi connectivity index (χ4v) is 2.40. The number of rotatable bonds is 4. The molecule has 0 amide bonds. The van der Waals surface area contributed by atoms with Gasteiger partial charge in [-0.05, 0) is 26.0 Å². The number of nitrogens with zero attached hydrogens (tertiary/aromatic N) is 2. The molecule has 1 atom stereocenters. The number of ether oxygens (including phenoxy) is 2. The molecule has 5 nitrogen and oxygen atoms in total. The Bertz CT molecular complexity index is 660. The van der Waals surface area contributed by atoms with E-state index in [0.29, 0.717) is 22.3 Å². The molecule has 1 heterocycles. The van der Waals surface area contributed by atoms with Crippen LogP contribution in [0.3, 0.4) is 0 Å². The second kappa shape index (κ2) is 6.28. The van der Waals surface area contributed by atoms with Crippen LogP contribution in [0, 0.1) is 6.92 Å². The first-order valence-electron chi connectivity index (χ1n) is 6.49. The smallest absolute Gasteiger partial charge is 0.179 e. The lowest BCUT2D eigenvalue weighted by atomic mass is 10.1. The van der Waals surface area contributed by atoms with E-state index in [1.807, 2.05) is 13.8 Å². The third-order valence-corrected chi connectivity index (χ3v) is 3.48. The molecule has 0 aliphatic carbocycles. The van der Waals surface area contributed by atoms with Crippen LogP contribution in [0.2, 0.25) is 5.02 Å². The summed E-state index contributed by atoms with van der Waals surface area (Å²) in [6.07, 6.45) is 1.74. The molecule has 1 unspecified atom stereocenters. The van der Waals surface area contributed by atoms with Crippen LogP contribution in [-0.2, 0) is 0 Å². The van der Waals surface area contributed by atoms with E-state index in [1.165, 1.54) is 0 Å². The van der Waals surface area contributed by atoms with Crippen molar-refractivity contribution < 1.29 is 9.47 Å². The lowest BCUT2D eigenvalue weighted by Gasteiger charge is -2.13. The van der Waals surface area contributed by atoms with Gasteiger partial charge >= 0.3 is 0 Å². The Morgan fingerprint density at radius 3 is 2.48 bits per heavy atom. The van der Waals surface area contributed by atoms with E-state index in [9.17, 15) is 0 Å². The molecule has 0 saturated heterocycles. The minimum absolute atomic E-state index is 0.104. The van der Waals surface area contributed by atoms with Gasteiger partial charge in [0.2, 0.25) is 0 Å². The minimum Gasteiger partial charge on any atom is -0.493 e. The number of nitrogens with two attached hydrogens (primary N) is 1. The lowest BCUT2D eigenvalue weighted by Crippen LogP contribution is -2.09.